The zero-order chi connectivity index (χ0) is 21.1. The van der Waals surface area contributed by atoms with Crippen molar-refractivity contribution in [1.29, 1.82) is 0 Å². The number of esters is 1. The number of ether oxygens (including phenoxy) is 1. The largest absolute Gasteiger partial charge is 0.460 e. The second kappa shape index (κ2) is 8.34. The first-order chi connectivity index (χ1) is 13.7. The van der Waals surface area contributed by atoms with E-state index >= 15 is 0 Å². The minimum atomic E-state index is -1.18. The van der Waals surface area contributed by atoms with Crippen LogP contribution in [0.4, 0.5) is 0 Å². The zero-order valence-corrected chi connectivity index (χ0v) is 17.5. The Bertz CT molecular complexity index is 907. The van der Waals surface area contributed by atoms with E-state index in [0.29, 0.717) is 30.7 Å². The maximum Gasteiger partial charge on any atom is 0.310 e. The van der Waals surface area contributed by atoms with Gasteiger partial charge in [0.15, 0.2) is 0 Å². The number of hydrogen-bond donors (Lipinski definition) is 1. The Morgan fingerprint density at radius 3 is 2.48 bits per heavy atom. The molecule has 3 rings (SSSR count). The van der Waals surface area contributed by atoms with Gasteiger partial charge >= 0.3 is 5.97 Å². The van der Waals surface area contributed by atoms with Gasteiger partial charge < -0.3 is 9.84 Å². The van der Waals surface area contributed by atoms with Gasteiger partial charge in [-0.25, -0.2) is 9.97 Å². The third kappa shape index (κ3) is 5.65. The number of rotatable bonds is 2. The predicted octanol–water partition coefficient (Wildman–Crippen LogP) is 3.79. The van der Waals surface area contributed by atoms with Gasteiger partial charge in [-0.15, -0.1) is 0 Å². The van der Waals surface area contributed by atoms with Gasteiger partial charge in [-0.3, -0.25) is 4.79 Å². The molecular weight excluding hydrogens is 364 g/mol. The van der Waals surface area contributed by atoms with Gasteiger partial charge in [0.1, 0.15) is 17.0 Å². The van der Waals surface area contributed by atoms with E-state index in [4.69, 9.17) is 4.74 Å². The molecule has 1 aromatic carbocycles. The number of aryl methyl sites for hydroxylation is 1. The summed E-state index contributed by atoms with van der Waals surface area (Å²) in [5.74, 6) is 6.01. The van der Waals surface area contributed by atoms with Crippen molar-refractivity contribution in [3.8, 4) is 11.8 Å². The third-order valence-electron chi connectivity index (χ3n) is 5.07. The summed E-state index contributed by atoms with van der Waals surface area (Å²) >= 11 is 0. The van der Waals surface area contributed by atoms with Gasteiger partial charge in [-0.2, -0.15) is 0 Å². The van der Waals surface area contributed by atoms with E-state index in [0.717, 1.165) is 5.56 Å². The zero-order valence-electron chi connectivity index (χ0n) is 17.5. The summed E-state index contributed by atoms with van der Waals surface area (Å²) in [6, 6.07) is 9.83. The number of carbonyl (C=O) groups is 1. The Labute approximate surface area is 172 Å². The first kappa shape index (κ1) is 21.0. The lowest BCUT2D eigenvalue weighted by atomic mass is 9.69. The highest BCUT2D eigenvalue weighted by atomic mass is 16.6. The molecule has 152 valence electrons. The van der Waals surface area contributed by atoms with Crippen molar-refractivity contribution < 1.29 is 14.6 Å². The molecule has 1 saturated carbocycles. The lowest BCUT2D eigenvalue weighted by molar-refractivity contribution is -0.163. The monoisotopic (exact) mass is 392 g/mol. The second-order valence-electron chi connectivity index (χ2n) is 8.70. The molecule has 2 aromatic rings. The van der Waals surface area contributed by atoms with E-state index < -0.39 is 11.2 Å². The summed E-state index contributed by atoms with van der Waals surface area (Å²) in [6.07, 6.45) is 4.62. The minimum Gasteiger partial charge on any atom is -0.460 e. The average Bonchev–Trinajstić information content (AvgIpc) is 2.67. The van der Waals surface area contributed by atoms with E-state index in [1.54, 1.807) is 12.4 Å². The molecule has 1 aliphatic carbocycles. The molecule has 0 saturated heterocycles. The van der Waals surface area contributed by atoms with Crippen LogP contribution in [0.25, 0.3) is 0 Å². The van der Waals surface area contributed by atoms with Crippen molar-refractivity contribution in [1.82, 2.24) is 9.97 Å². The van der Waals surface area contributed by atoms with Crippen LogP contribution in [0.15, 0.2) is 42.7 Å². The summed E-state index contributed by atoms with van der Waals surface area (Å²) in [4.78, 5) is 21.1. The molecule has 29 heavy (non-hydrogen) atoms. The van der Waals surface area contributed by atoms with Gasteiger partial charge in [0, 0.05) is 18.3 Å². The smallest absolute Gasteiger partial charge is 0.310 e. The molecule has 3 atom stereocenters. The normalized spacial score (nSPS) is 24.3. The van der Waals surface area contributed by atoms with E-state index in [1.165, 1.54) is 0 Å². The fourth-order valence-corrected chi connectivity index (χ4v) is 3.67. The summed E-state index contributed by atoms with van der Waals surface area (Å²) in [6.45, 7) is 7.43. The van der Waals surface area contributed by atoms with Gasteiger partial charge in [0.2, 0.25) is 0 Å². The molecule has 1 aliphatic rings. The van der Waals surface area contributed by atoms with Gasteiger partial charge in [0.05, 0.1) is 11.5 Å². The highest BCUT2D eigenvalue weighted by Crippen LogP contribution is 2.43. The Kier molecular flexibility index (Phi) is 6.04. The summed E-state index contributed by atoms with van der Waals surface area (Å²) in [5, 5.41) is 11.2. The Morgan fingerprint density at radius 1 is 1.21 bits per heavy atom. The Hall–Kier alpha value is -2.71. The number of aliphatic hydroxyl groups is 1. The van der Waals surface area contributed by atoms with E-state index in [-0.39, 0.29) is 17.8 Å². The van der Waals surface area contributed by atoms with Crippen LogP contribution in [-0.4, -0.2) is 32.2 Å². The molecule has 1 fully saturated rings. The maximum absolute atomic E-state index is 12.9. The average molecular weight is 392 g/mol. The molecule has 0 spiro atoms. The molecule has 1 heterocycles. The van der Waals surface area contributed by atoms with Crippen molar-refractivity contribution in [2.75, 3.05) is 0 Å². The van der Waals surface area contributed by atoms with Crippen LogP contribution in [0.1, 0.15) is 62.9 Å². The second-order valence-corrected chi connectivity index (χ2v) is 8.70. The molecule has 0 bridgehead atoms. The number of aromatic nitrogens is 2. The fraction of sp³-hybridized carbons (Fsp3) is 0.458. The molecule has 0 radical (unpaired) electrons. The molecule has 5 heteroatoms. The molecule has 5 nitrogen and oxygen atoms in total. The Morgan fingerprint density at radius 2 is 1.86 bits per heavy atom. The van der Waals surface area contributed by atoms with Crippen molar-refractivity contribution >= 4 is 5.97 Å². The lowest BCUT2D eigenvalue weighted by Crippen LogP contribution is -2.41. The topological polar surface area (TPSA) is 72.3 Å². The highest BCUT2D eigenvalue weighted by Gasteiger charge is 2.43. The molecule has 0 aliphatic heterocycles. The van der Waals surface area contributed by atoms with Gasteiger partial charge in [-0.05, 0) is 52.5 Å². The van der Waals surface area contributed by atoms with Crippen LogP contribution < -0.4 is 0 Å². The Balaban J connectivity index is 1.86. The molecule has 1 aromatic heterocycles. The lowest BCUT2D eigenvalue weighted by Gasteiger charge is -2.39. The fourth-order valence-electron chi connectivity index (χ4n) is 3.67. The van der Waals surface area contributed by atoms with Crippen LogP contribution in [0.3, 0.4) is 0 Å². The van der Waals surface area contributed by atoms with Crippen molar-refractivity contribution in [3.05, 3.63) is 59.7 Å². The molecular formula is C24H28N2O3. The van der Waals surface area contributed by atoms with E-state index in [9.17, 15) is 9.90 Å². The van der Waals surface area contributed by atoms with Crippen LogP contribution in [0, 0.1) is 24.7 Å². The van der Waals surface area contributed by atoms with Crippen molar-refractivity contribution in [2.24, 2.45) is 5.92 Å². The van der Waals surface area contributed by atoms with Crippen LogP contribution in [0.5, 0.6) is 0 Å². The maximum atomic E-state index is 12.9. The standard InChI is InChI=1S/C24H28N2O3/c1-17-25-15-18(16-26-17)10-12-24(28)13-11-20(22(27)29-23(2,3)4)21(14-24)19-8-6-5-7-9-19/h5-9,15-16,20-21,28H,11,13-14H2,1-4H3/t20-,21+,24?/m1/s1. The van der Waals surface area contributed by atoms with Crippen LogP contribution >= 0.6 is 0 Å². The first-order valence-corrected chi connectivity index (χ1v) is 9.97. The van der Waals surface area contributed by atoms with Crippen LogP contribution in [0.2, 0.25) is 0 Å². The summed E-state index contributed by atoms with van der Waals surface area (Å²) in [5.41, 5.74) is -0.0437. The van der Waals surface area contributed by atoms with Crippen molar-refractivity contribution in [3.63, 3.8) is 0 Å². The number of hydrogen-bond acceptors (Lipinski definition) is 5. The third-order valence-corrected chi connectivity index (χ3v) is 5.07. The minimum absolute atomic E-state index is 0.159. The van der Waals surface area contributed by atoms with Crippen molar-refractivity contribution in [2.45, 2.75) is 64.1 Å². The van der Waals surface area contributed by atoms with E-state index in [1.807, 2.05) is 58.0 Å². The first-order valence-electron chi connectivity index (χ1n) is 9.97. The van der Waals surface area contributed by atoms with Crippen LogP contribution in [-0.2, 0) is 9.53 Å². The summed E-state index contributed by atoms with van der Waals surface area (Å²) in [7, 11) is 0. The number of carbonyl (C=O) groups excluding carboxylic acids is 1. The van der Waals surface area contributed by atoms with E-state index in [2.05, 4.69) is 21.8 Å². The molecule has 1 N–H and O–H groups in total. The van der Waals surface area contributed by atoms with Gasteiger partial charge in [-0.1, -0.05) is 42.2 Å². The quantitative estimate of drug-likeness (QED) is 0.622. The SMILES string of the molecule is Cc1ncc(C#CC2(O)CC[C@@H](C(=O)OC(C)(C)C)[C@H](c3ccccc3)C2)cn1. The predicted molar refractivity (Wildman–Crippen MR) is 111 cm³/mol. The van der Waals surface area contributed by atoms with Gasteiger partial charge in [0.25, 0.3) is 0 Å². The molecule has 1 unspecified atom stereocenters. The number of nitrogens with zero attached hydrogens (tertiary/aromatic N) is 2. The summed E-state index contributed by atoms with van der Waals surface area (Å²) < 4.78 is 5.66. The number of benzene rings is 1. The highest BCUT2D eigenvalue weighted by molar-refractivity contribution is 5.74. The molecule has 0 amide bonds.